The monoisotopic (exact) mass is 454 g/mol. The Balaban J connectivity index is 1.92. The zero-order valence-corrected chi connectivity index (χ0v) is 19.3. The van der Waals surface area contributed by atoms with Crippen molar-refractivity contribution in [1.82, 2.24) is 0 Å². The molecule has 0 N–H and O–H groups in total. The maximum Gasteiger partial charge on any atom is 0.312 e. The second kappa shape index (κ2) is 8.36. The van der Waals surface area contributed by atoms with Gasteiger partial charge in [0.05, 0.1) is 0 Å². The molecule has 150 valence electrons. The Labute approximate surface area is 193 Å². The molecule has 0 bridgehead atoms. The summed E-state index contributed by atoms with van der Waals surface area (Å²) < 4.78 is 0. The van der Waals surface area contributed by atoms with Gasteiger partial charge in [-0.05, 0) is 43.8 Å². The summed E-state index contributed by atoms with van der Waals surface area (Å²) in [6.07, 6.45) is 0. The summed E-state index contributed by atoms with van der Waals surface area (Å²) in [4.78, 5) is 0. The van der Waals surface area contributed by atoms with E-state index in [9.17, 15) is 0 Å². The van der Waals surface area contributed by atoms with E-state index in [0.29, 0.717) is 0 Å². The van der Waals surface area contributed by atoms with Crippen molar-refractivity contribution in [3.8, 4) is 0 Å². The average Bonchev–Trinajstić information content (AvgIpc) is 3.08. The number of hydrogen-bond donors (Lipinski definition) is 0. The predicted octanol–water partition coefficient (Wildman–Crippen LogP) is 8.22. The first kappa shape index (κ1) is 20.1. The molecule has 31 heavy (non-hydrogen) atoms. The van der Waals surface area contributed by atoms with E-state index in [-0.39, 0.29) is 0 Å². The molecule has 1 aliphatic rings. The van der Waals surface area contributed by atoms with Gasteiger partial charge in [-0.2, -0.15) is 0 Å². The van der Waals surface area contributed by atoms with Gasteiger partial charge < -0.3 is 0 Å². The fourth-order valence-electron chi connectivity index (χ4n) is 4.34. The van der Waals surface area contributed by atoms with Crippen LogP contribution in [0.3, 0.4) is 0 Å². The second-order valence-corrected chi connectivity index (χ2v) is 13.7. The van der Waals surface area contributed by atoms with Gasteiger partial charge in [-0.25, -0.2) is 0 Å². The van der Waals surface area contributed by atoms with Crippen LogP contribution in [0.15, 0.2) is 121 Å². The highest BCUT2D eigenvalue weighted by Crippen LogP contribution is 2.58. The number of halogens is 2. The van der Waals surface area contributed by atoms with Crippen LogP contribution in [0.5, 0.6) is 0 Å². The summed E-state index contributed by atoms with van der Waals surface area (Å²) in [5.41, 5.74) is 6.69. The summed E-state index contributed by atoms with van der Waals surface area (Å²) in [6.45, 7) is -3.07. The highest BCUT2D eigenvalue weighted by atomic mass is 35.7. The molecule has 0 fully saturated rings. The standard InChI is InChI=1S/C28H20Cl2Si/c29-31(30)27(23-17-9-3-10-18-23)25(21-13-5-1-6-14-21)26(22-15-7-2-8-16-22)28(31)24-19-11-4-12-20-24/h1-20H. The fraction of sp³-hybridized carbons (Fsp3) is 0. The third-order valence-electron chi connectivity index (χ3n) is 5.63. The highest BCUT2D eigenvalue weighted by molar-refractivity contribution is 7.61. The van der Waals surface area contributed by atoms with Crippen molar-refractivity contribution in [1.29, 1.82) is 0 Å². The van der Waals surface area contributed by atoms with Crippen molar-refractivity contribution >= 4 is 50.4 Å². The molecule has 1 aliphatic heterocycles. The van der Waals surface area contributed by atoms with Gasteiger partial charge >= 0.3 is 6.69 Å². The lowest BCUT2D eigenvalue weighted by molar-refractivity contribution is 1.58. The maximum absolute atomic E-state index is 7.45. The molecule has 5 rings (SSSR count). The van der Waals surface area contributed by atoms with Gasteiger partial charge in [-0.15, -0.1) is 22.2 Å². The molecular weight excluding hydrogens is 435 g/mol. The topological polar surface area (TPSA) is 0 Å². The summed E-state index contributed by atoms with van der Waals surface area (Å²) in [5, 5.41) is 2.11. The highest BCUT2D eigenvalue weighted by Gasteiger charge is 2.49. The minimum absolute atomic E-state index is 1.06. The van der Waals surface area contributed by atoms with E-state index in [0.717, 1.165) is 43.8 Å². The van der Waals surface area contributed by atoms with E-state index in [2.05, 4.69) is 72.8 Å². The molecule has 0 saturated carbocycles. The van der Waals surface area contributed by atoms with E-state index >= 15 is 0 Å². The first-order valence-electron chi connectivity index (χ1n) is 10.3. The van der Waals surface area contributed by atoms with Crippen LogP contribution in [-0.2, 0) is 0 Å². The second-order valence-electron chi connectivity index (χ2n) is 7.54. The lowest BCUT2D eigenvalue weighted by Crippen LogP contribution is -2.22. The van der Waals surface area contributed by atoms with Gasteiger partial charge in [0, 0.05) is 0 Å². The number of benzene rings is 4. The van der Waals surface area contributed by atoms with Crippen molar-refractivity contribution in [3.63, 3.8) is 0 Å². The van der Waals surface area contributed by atoms with Gasteiger partial charge in [0.25, 0.3) is 0 Å². The first-order chi connectivity index (χ1) is 15.2. The zero-order chi connectivity index (χ0) is 21.3. The largest absolute Gasteiger partial charge is 0.312 e. The molecule has 0 nitrogen and oxygen atoms in total. The summed E-state index contributed by atoms with van der Waals surface area (Å²) in [5.74, 6) is 0. The molecule has 0 unspecified atom stereocenters. The van der Waals surface area contributed by atoms with E-state index in [1.807, 2.05) is 48.5 Å². The zero-order valence-electron chi connectivity index (χ0n) is 16.8. The lowest BCUT2D eigenvalue weighted by Gasteiger charge is -2.21. The van der Waals surface area contributed by atoms with Crippen molar-refractivity contribution in [2.75, 3.05) is 0 Å². The van der Waals surface area contributed by atoms with Crippen LogP contribution in [0.2, 0.25) is 0 Å². The molecule has 0 saturated heterocycles. The maximum atomic E-state index is 7.45. The van der Waals surface area contributed by atoms with Crippen LogP contribution in [0, 0.1) is 0 Å². The van der Waals surface area contributed by atoms with Crippen molar-refractivity contribution < 1.29 is 0 Å². The van der Waals surface area contributed by atoms with Crippen molar-refractivity contribution in [2.45, 2.75) is 0 Å². The van der Waals surface area contributed by atoms with Gasteiger partial charge in [0.15, 0.2) is 0 Å². The van der Waals surface area contributed by atoms with Crippen LogP contribution in [-0.4, -0.2) is 6.69 Å². The van der Waals surface area contributed by atoms with E-state index in [1.165, 1.54) is 0 Å². The number of rotatable bonds is 4. The Morgan fingerprint density at radius 3 is 0.903 bits per heavy atom. The Morgan fingerprint density at radius 2 is 0.613 bits per heavy atom. The molecule has 0 aliphatic carbocycles. The average molecular weight is 455 g/mol. The normalized spacial score (nSPS) is 15.4. The minimum Gasteiger partial charge on any atom is -0.134 e. The molecule has 3 heteroatoms. The van der Waals surface area contributed by atoms with Gasteiger partial charge in [0.2, 0.25) is 0 Å². The third kappa shape index (κ3) is 3.59. The Bertz CT molecular complexity index is 1160. The lowest BCUT2D eigenvalue weighted by atomic mass is 9.89. The van der Waals surface area contributed by atoms with Crippen LogP contribution < -0.4 is 0 Å². The molecule has 4 aromatic carbocycles. The Kier molecular flexibility index (Phi) is 5.41. The Morgan fingerprint density at radius 1 is 0.355 bits per heavy atom. The molecule has 0 aromatic heterocycles. The van der Waals surface area contributed by atoms with E-state index in [4.69, 9.17) is 22.2 Å². The smallest absolute Gasteiger partial charge is 0.134 e. The Hall–Kier alpha value is -2.84. The number of allylic oxidation sites excluding steroid dienone is 2. The quantitative estimate of drug-likeness (QED) is 0.215. The number of hydrogen-bond acceptors (Lipinski definition) is 0. The molecule has 0 atom stereocenters. The van der Waals surface area contributed by atoms with Crippen LogP contribution in [0.1, 0.15) is 22.3 Å². The fourth-order valence-corrected chi connectivity index (χ4v) is 9.26. The SMILES string of the molecule is Cl[Si]1(Cl)C(c2ccccc2)=C(c2ccccc2)C(c2ccccc2)=C1c1ccccc1. The predicted molar refractivity (Wildman–Crippen MR) is 137 cm³/mol. The van der Waals surface area contributed by atoms with Gasteiger partial charge in [-0.3, -0.25) is 0 Å². The summed E-state index contributed by atoms with van der Waals surface area (Å²) in [7, 11) is 0. The minimum atomic E-state index is -3.07. The molecular formula is C28H20Cl2Si. The van der Waals surface area contributed by atoms with Crippen LogP contribution >= 0.6 is 22.2 Å². The van der Waals surface area contributed by atoms with Crippen molar-refractivity contribution in [2.24, 2.45) is 0 Å². The van der Waals surface area contributed by atoms with Crippen molar-refractivity contribution in [3.05, 3.63) is 144 Å². The third-order valence-corrected chi connectivity index (χ3v) is 10.2. The van der Waals surface area contributed by atoms with E-state index in [1.54, 1.807) is 0 Å². The van der Waals surface area contributed by atoms with E-state index < -0.39 is 6.69 Å². The molecule has 0 spiro atoms. The summed E-state index contributed by atoms with van der Waals surface area (Å²) >= 11 is 14.9. The molecule has 0 amide bonds. The molecule has 0 radical (unpaired) electrons. The first-order valence-corrected chi connectivity index (χ1v) is 14.3. The van der Waals surface area contributed by atoms with Gasteiger partial charge in [0.1, 0.15) is 0 Å². The van der Waals surface area contributed by atoms with Gasteiger partial charge in [-0.1, -0.05) is 121 Å². The summed E-state index contributed by atoms with van der Waals surface area (Å²) in [6, 6.07) is 41.6. The molecule has 1 heterocycles. The van der Waals surface area contributed by atoms with Crippen LogP contribution in [0.25, 0.3) is 21.5 Å². The molecule has 4 aromatic rings. The van der Waals surface area contributed by atoms with Crippen LogP contribution in [0.4, 0.5) is 0 Å².